The van der Waals surface area contributed by atoms with Gasteiger partial charge in [0.2, 0.25) is 5.88 Å². The molecule has 2 aliphatic heterocycles. The highest BCUT2D eigenvalue weighted by atomic mass is 16.5. The summed E-state index contributed by atoms with van der Waals surface area (Å²) in [5.41, 5.74) is 9.11. The number of nitrogens with two attached hydrogens (primary N) is 1. The van der Waals surface area contributed by atoms with Gasteiger partial charge >= 0.3 is 0 Å². The number of ether oxygens (including phenoxy) is 3. The molecule has 0 radical (unpaired) electrons. The van der Waals surface area contributed by atoms with Crippen LogP contribution in [0.4, 0.5) is 0 Å². The van der Waals surface area contributed by atoms with E-state index in [0.717, 1.165) is 28.7 Å². The fourth-order valence-corrected chi connectivity index (χ4v) is 4.69. The molecule has 10 nitrogen and oxygen atoms in total. The highest BCUT2D eigenvalue weighted by Crippen LogP contribution is 2.52. The van der Waals surface area contributed by atoms with Crippen LogP contribution in [0.1, 0.15) is 52.6 Å². The molecule has 190 valence electrons. The first kappa shape index (κ1) is 24.4. The SMILES string of the molecule is CC/C=C(\CO)c1cc2c(cn1)Oc1ccc(CC(=O)c3cnc(OC)cn3)cc1[C@@]21CCOC(N)=N1. The van der Waals surface area contributed by atoms with Crippen molar-refractivity contribution in [2.45, 2.75) is 31.7 Å². The smallest absolute Gasteiger partial charge is 0.283 e. The zero-order valence-corrected chi connectivity index (χ0v) is 20.6. The summed E-state index contributed by atoms with van der Waals surface area (Å²) in [5, 5.41) is 9.90. The van der Waals surface area contributed by atoms with Gasteiger partial charge in [0, 0.05) is 24.0 Å². The number of rotatable bonds is 7. The van der Waals surface area contributed by atoms with Crippen LogP contribution in [0, 0.1) is 0 Å². The Kier molecular flexibility index (Phi) is 6.58. The Morgan fingerprint density at radius 3 is 2.65 bits per heavy atom. The van der Waals surface area contributed by atoms with E-state index in [1.54, 1.807) is 6.20 Å². The molecule has 0 saturated heterocycles. The first-order valence-electron chi connectivity index (χ1n) is 12.0. The van der Waals surface area contributed by atoms with Crippen LogP contribution in [-0.4, -0.2) is 52.2 Å². The Balaban J connectivity index is 1.57. The molecule has 0 fully saturated rings. The van der Waals surface area contributed by atoms with E-state index in [2.05, 4.69) is 15.0 Å². The van der Waals surface area contributed by atoms with Crippen molar-refractivity contribution in [3.8, 4) is 17.4 Å². The third-order valence-corrected chi connectivity index (χ3v) is 6.47. The van der Waals surface area contributed by atoms with E-state index in [9.17, 15) is 9.90 Å². The average Bonchev–Trinajstić information content (AvgIpc) is 2.92. The summed E-state index contributed by atoms with van der Waals surface area (Å²) >= 11 is 0. The monoisotopic (exact) mass is 501 g/mol. The van der Waals surface area contributed by atoms with Gasteiger partial charge in [-0.3, -0.25) is 9.78 Å². The molecule has 0 aliphatic carbocycles. The molecule has 1 atom stereocenters. The van der Waals surface area contributed by atoms with Gasteiger partial charge in [0.25, 0.3) is 6.02 Å². The number of aromatic nitrogens is 3. The molecule has 2 aromatic heterocycles. The van der Waals surface area contributed by atoms with Gasteiger partial charge in [0.05, 0.1) is 44.6 Å². The summed E-state index contributed by atoms with van der Waals surface area (Å²) in [7, 11) is 1.49. The van der Waals surface area contributed by atoms with E-state index in [4.69, 9.17) is 24.9 Å². The molecule has 0 unspecified atom stereocenters. The first-order chi connectivity index (χ1) is 18.0. The summed E-state index contributed by atoms with van der Waals surface area (Å²) in [5.74, 6) is 1.32. The molecule has 0 bridgehead atoms. The minimum Gasteiger partial charge on any atom is -0.480 e. The number of Topliss-reactive ketones (excluding diaryl/α,β-unsaturated/α-hetero) is 1. The highest BCUT2D eigenvalue weighted by Gasteiger charge is 2.45. The Labute approximate surface area is 213 Å². The molecule has 10 heteroatoms. The predicted octanol–water partition coefficient (Wildman–Crippen LogP) is 3.18. The van der Waals surface area contributed by atoms with Crippen LogP contribution in [0.5, 0.6) is 17.4 Å². The molecule has 1 spiro atoms. The van der Waals surface area contributed by atoms with Gasteiger partial charge in [-0.2, -0.15) is 0 Å². The average molecular weight is 502 g/mol. The lowest BCUT2D eigenvalue weighted by Crippen LogP contribution is -2.38. The fraction of sp³-hybridized carbons (Fsp3) is 0.296. The third-order valence-electron chi connectivity index (χ3n) is 6.47. The summed E-state index contributed by atoms with van der Waals surface area (Å²) < 4.78 is 16.7. The maximum absolute atomic E-state index is 12.9. The quantitative estimate of drug-likeness (QED) is 0.467. The Morgan fingerprint density at radius 1 is 1.14 bits per heavy atom. The predicted molar refractivity (Wildman–Crippen MR) is 136 cm³/mol. The number of aliphatic imine (C=N–C) groups is 1. The lowest BCUT2D eigenvalue weighted by Gasteiger charge is -2.39. The summed E-state index contributed by atoms with van der Waals surface area (Å²) in [4.78, 5) is 30.5. The molecule has 3 N–H and O–H groups in total. The van der Waals surface area contributed by atoms with Crippen molar-refractivity contribution in [3.63, 3.8) is 0 Å². The number of hydrogen-bond acceptors (Lipinski definition) is 10. The maximum Gasteiger partial charge on any atom is 0.283 e. The molecule has 2 aliphatic rings. The highest BCUT2D eigenvalue weighted by molar-refractivity contribution is 5.95. The van der Waals surface area contributed by atoms with Gasteiger partial charge in [-0.15, -0.1) is 0 Å². The van der Waals surface area contributed by atoms with Crippen LogP contribution < -0.4 is 15.2 Å². The van der Waals surface area contributed by atoms with Crippen LogP contribution in [0.15, 0.2) is 53.9 Å². The second kappa shape index (κ2) is 9.98. The topological polar surface area (TPSA) is 142 Å². The minimum absolute atomic E-state index is 0.0740. The number of nitrogens with zero attached hydrogens (tertiary/aromatic N) is 4. The van der Waals surface area contributed by atoms with Crippen LogP contribution in [-0.2, 0) is 16.7 Å². The molecule has 37 heavy (non-hydrogen) atoms. The number of amidine groups is 1. The van der Waals surface area contributed by atoms with Crippen LogP contribution >= 0.6 is 0 Å². The number of ketones is 1. The van der Waals surface area contributed by atoms with Crippen molar-refractivity contribution >= 4 is 17.4 Å². The van der Waals surface area contributed by atoms with Crippen molar-refractivity contribution in [1.82, 2.24) is 15.0 Å². The molecule has 1 aromatic carbocycles. The number of carbonyl (C=O) groups is 1. The molecule has 5 rings (SSSR count). The van der Waals surface area contributed by atoms with Crippen molar-refractivity contribution in [1.29, 1.82) is 0 Å². The Hall–Kier alpha value is -4.31. The molecule has 0 saturated carbocycles. The van der Waals surface area contributed by atoms with E-state index >= 15 is 0 Å². The minimum atomic E-state index is -0.894. The Bertz CT molecular complexity index is 1400. The maximum atomic E-state index is 12.9. The molecule has 3 aromatic rings. The lowest BCUT2D eigenvalue weighted by molar-refractivity contribution is 0.0987. The van der Waals surface area contributed by atoms with Crippen molar-refractivity contribution < 1.29 is 24.1 Å². The van der Waals surface area contributed by atoms with E-state index in [0.29, 0.717) is 36.1 Å². The second-order valence-electron chi connectivity index (χ2n) is 8.75. The van der Waals surface area contributed by atoms with E-state index < -0.39 is 5.54 Å². The number of allylic oxidation sites excluding steroid dienone is 1. The van der Waals surface area contributed by atoms with Crippen LogP contribution in [0.3, 0.4) is 0 Å². The van der Waals surface area contributed by atoms with E-state index in [1.165, 1.54) is 19.5 Å². The van der Waals surface area contributed by atoms with Crippen molar-refractivity contribution in [2.75, 3.05) is 20.3 Å². The lowest BCUT2D eigenvalue weighted by atomic mass is 9.77. The summed E-state index contributed by atoms with van der Waals surface area (Å²) in [6, 6.07) is 7.56. The second-order valence-corrected chi connectivity index (χ2v) is 8.75. The molecular formula is C27H27N5O5. The zero-order valence-electron chi connectivity index (χ0n) is 20.6. The molecular weight excluding hydrogens is 474 g/mol. The molecule has 0 amide bonds. The number of pyridine rings is 1. The van der Waals surface area contributed by atoms with Gasteiger partial charge in [-0.1, -0.05) is 19.1 Å². The first-order valence-corrected chi connectivity index (χ1v) is 12.0. The van der Waals surface area contributed by atoms with Crippen LogP contribution in [0.2, 0.25) is 0 Å². The van der Waals surface area contributed by atoms with E-state index in [-0.39, 0.29) is 30.5 Å². The van der Waals surface area contributed by atoms with Gasteiger partial charge < -0.3 is 25.1 Å². The van der Waals surface area contributed by atoms with Gasteiger partial charge in [0.15, 0.2) is 11.5 Å². The molecule has 4 heterocycles. The number of hydrogen-bond donors (Lipinski definition) is 2. The third kappa shape index (κ3) is 4.51. The standard InChI is InChI=1S/C27H27N5O5/c1-3-4-17(15-33)20-11-19-24(13-29-20)37-23-6-5-16(9-18(23)27(19)7-8-36-26(28)32-27)10-22(34)21-12-31-25(35-2)14-30-21/h4-6,9,11-14,33H,3,7-8,10,15H2,1-2H3,(H2,28,32)/b17-4+/t27-/m0/s1. The number of aliphatic hydroxyl groups excluding tert-OH is 1. The number of fused-ring (bicyclic) bond motifs is 4. The van der Waals surface area contributed by atoms with Gasteiger partial charge in [0.1, 0.15) is 17.0 Å². The van der Waals surface area contributed by atoms with Gasteiger partial charge in [-0.05, 0) is 35.8 Å². The summed E-state index contributed by atoms with van der Waals surface area (Å²) in [6.45, 7) is 2.21. The zero-order chi connectivity index (χ0) is 26.0. The number of benzene rings is 1. The largest absolute Gasteiger partial charge is 0.480 e. The number of carbonyl (C=O) groups excluding carboxylic acids is 1. The number of aliphatic hydroxyl groups is 1. The van der Waals surface area contributed by atoms with Crippen LogP contribution in [0.25, 0.3) is 5.57 Å². The van der Waals surface area contributed by atoms with Crippen molar-refractivity contribution in [2.24, 2.45) is 10.7 Å². The number of methoxy groups -OCH3 is 1. The Morgan fingerprint density at radius 2 is 1.95 bits per heavy atom. The fourth-order valence-electron chi connectivity index (χ4n) is 4.69. The van der Waals surface area contributed by atoms with E-state index in [1.807, 2.05) is 37.3 Å². The summed E-state index contributed by atoms with van der Waals surface area (Å²) in [6.07, 6.45) is 7.78. The van der Waals surface area contributed by atoms with Crippen molar-refractivity contribution in [3.05, 3.63) is 77.0 Å². The van der Waals surface area contributed by atoms with Gasteiger partial charge in [-0.25, -0.2) is 15.0 Å². The normalized spacial score (nSPS) is 18.2.